The number of anilines is 1. The summed E-state index contributed by atoms with van der Waals surface area (Å²) in [5.74, 6) is 0.452. The molecular formula is C12H15NO4. The van der Waals surface area contributed by atoms with Crippen molar-refractivity contribution < 1.29 is 19.0 Å². The number of ether oxygens (including phenoxy) is 3. The maximum atomic E-state index is 11.8. The lowest BCUT2D eigenvalue weighted by Crippen LogP contribution is -2.11. The minimum atomic E-state index is -0.479. The van der Waals surface area contributed by atoms with Crippen LogP contribution in [0.4, 0.5) is 5.69 Å². The van der Waals surface area contributed by atoms with Gasteiger partial charge in [-0.25, -0.2) is 4.79 Å². The molecule has 92 valence electrons. The molecule has 0 aliphatic carbocycles. The van der Waals surface area contributed by atoms with Gasteiger partial charge in [0, 0.05) is 6.42 Å². The molecule has 5 nitrogen and oxygen atoms in total. The molecule has 0 radical (unpaired) electrons. The van der Waals surface area contributed by atoms with Crippen molar-refractivity contribution in [2.45, 2.75) is 13.3 Å². The lowest BCUT2D eigenvalue weighted by Gasteiger charge is -2.13. The highest BCUT2D eigenvalue weighted by Gasteiger charge is 2.23. The Bertz CT molecular complexity index is 431. The van der Waals surface area contributed by atoms with Crippen molar-refractivity contribution in [1.29, 1.82) is 0 Å². The number of rotatable bonds is 2. The van der Waals surface area contributed by atoms with Gasteiger partial charge in [-0.15, -0.1) is 0 Å². The van der Waals surface area contributed by atoms with Crippen LogP contribution >= 0.6 is 0 Å². The average molecular weight is 237 g/mol. The van der Waals surface area contributed by atoms with Crippen molar-refractivity contribution in [2.24, 2.45) is 0 Å². The highest BCUT2D eigenvalue weighted by Crippen LogP contribution is 2.37. The Kier molecular flexibility index (Phi) is 3.37. The van der Waals surface area contributed by atoms with E-state index in [9.17, 15) is 4.79 Å². The second-order valence-corrected chi connectivity index (χ2v) is 3.63. The van der Waals surface area contributed by atoms with E-state index in [0.717, 1.165) is 6.42 Å². The zero-order valence-electron chi connectivity index (χ0n) is 9.69. The summed E-state index contributed by atoms with van der Waals surface area (Å²) < 4.78 is 16.0. The van der Waals surface area contributed by atoms with Crippen molar-refractivity contribution in [3.63, 3.8) is 0 Å². The first-order chi connectivity index (χ1) is 8.24. The van der Waals surface area contributed by atoms with Crippen molar-refractivity contribution in [3.05, 3.63) is 17.7 Å². The second kappa shape index (κ2) is 4.95. The molecule has 0 aromatic heterocycles. The van der Waals surface area contributed by atoms with Crippen molar-refractivity contribution >= 4 is 11.7 Å². The third kappa shape index (κ3) is 2.27. The first-order valence-corrected chi connectivity index (χ1v) is 5.59. The third-order valence-electron chi connectivity index (χ3n) is 2.43. The lowest BCUT2D eigenvalue weighted by molar-refractivity contribution is 0.0523. The van der Waals surface area contributed by atoms with Crippen molar-refractivity contribution in [3.8, 4) is 11.5 Å². The SMILES string of the molecule is CCOC(=O)c1c(N)ccc2c1OCCCO2. The molecule has 1 aliphatic heterocycles. The van der Waals surface area contributed by atoms with Crippen LogP contribution in [0.15, 0.2) is 12.1 Å². The van der Waals surface area contributed by atoms with Crippen LogP contribution in [0.1, 0.15) is 23.7 Å². The fraction of sp³-hybridized carbons (Fsp3) is 0.417. The van der Waals surface area contributed by atoms with Crippen LogP contribution in [0, 0.1) is 0 Å². The predicted octanol–water partition coefficient (Wildman–Crippen LogP) is 1.61. The van der Waals surface area contributed by atoms with Gasteiger partial charge in [0.25, 0.3) is 0 Å². The van der Waals surface area contributed by atoms with Crippen LogP contribution < -0.4 is 15.2 Å². The molecule has 0 unspecified atom stereocenters. The van der Waals surface area contributed by atoms with E-state index in [-0.39, 0.29) is 5.56 Å². The Morgan fingerprint density at radius 3 is 2.94 bits per heavy atom. The Balaban J connectivity index is 2.45. The number of nitrogen functional groups attached to an aromatic ring is 1. The fourth-order valence-electron chi connectivity index (χ4n) is 1.66. The molecule has 0 saturated heterocycles. The fourth-order valence-corrected chi connectivity index (χ4v) is 1.66. The molecule has 1 heterocycles. The van der Waals surface area contributed by atoms with E-state index in [1.807, 2.05) is 0 Å². The molecule has 0 bridgehead atoms. The highest BCUT2D eigenvalue weighted by molar-refractivity contribution is 5.99. The van der Waals surface area contributed by atoms with E-state index < -0.39 is 5.97 Å². The zero-order valence-corrected chi connectivity index (χ0v) is 9.69. The molecule has 1 aromatic carbocycles. The summed E-state index contributed by atoms with van der Waals surface area (Å²) in [5.41, 5.74) is 6.39. The minimum Gasteiger partial charge on any atom is -0.490 e. The average Bonchev–Trinajstić information content (AvgIpc) is 2.54. The predicted molar refractivity (Wildman–Crippen MR) is 62.4 cm³/mol. The van der Waals surface area contributed by atoms with Gasteiger partial charge in [0.05, 0.1) is 25.5 Å². The molecule has 5 heteroatoms. The van der Waals surface area contributed by atoms with E-state index in [1.54, 1.807) is 19.1 Å². The largest absolute Gasteiger partial charge is 0.490 e. The number of carbonyl (C=O) groups is 1. The van der Waals surface area contributed by atoms with Gasteiger partial charge in [-0.1, -0.05) is 0 Å². The van der Waals surface area contributed by atoms with Gasteiger partial charge in [0.1, 0.15) is 5.56 Å². The van der Waals surface area contributed by atoms with E-state index in [2.05, 4.69) is 0 Å². The third-order valence-corrected chi connectivity index (χ3v) is 2.43. The Labute approximate surface area is 99.5 Å². The van der Waals surface area contributed by atoms with Gasteiger partial charge in [0.2, 0.25) is 0 Å². The first kappa shape index (κ1) is 11.6. The summed E-state index contributed by atoms with van der Waals surface area (Å²) in [6.45, 7) is 3.11. The van der Waals surface area contributed by atoms with E-state index >= 15 is 0 Å². The van der Waals surface area contributed by atoms with Gasteiger partial charge in [-0.2, -0.15) is 0 Å². The Morgan fingerprint density at radius 1 is 1.41 bits per heavy atom. The summed E-state index contributed by atoms with van der Waals surface area (Å²) in [6, 6.07) is 3.33. The summed E-state index contributed by atoms with van der Waals surface area (Å²) >= 11 is 0. The Morgan fingerprint density at radius 2 is 2.18 bits per heavy atom. The summed E-state index contributed by atoms with van der Waals surface area (Å²) in [4.78, 5) is 11.8. The molecule has 0 amide bonds. The van der Waals surface area contributed by atoms with Gasteiger partial charge >= 0.3 is 5.97 Å². The Hall–Kier alpha value is -1.91. The quantitative estimate of drug-likeness (QED) is 0.625. The topological polar surface area (TPSA) is 70.8 Å². The van der Waals surface area contributed by atoms with E-state index in [1.165, 1.54) is 0 Å². The summed E-state index contributed by atoms with van der Waals surface area (Å²) in [5, 5.41) is 0. The molecule has 0 saturated carbocycles. The van der Waals surface area contributed by atoms with Crippen LogP contribution in [-0.2, 0) is 4.74 Å². The number of nitrogens with two attached hydrogens (primary N) is 1. The van der Waals surface area contributed by atoms with Crippen LogP contribution in [0.2, 0.25) is 0 Å². The monoisotopic (exact) mass is 237 g/mol. The summed E-state index contributed by atoms with van der Waals surface area (Å²) in [6.07, 6.45) is 0.775. The van der Waals surface area contributed by atoms with Crippen molar-refractivity contribution in [2.75, 3.05) is 25.6 Å². The molecule has 1 aliphatic rings. The van der Waals surface area contributed by atoms with Crippen LogP contribution in [-0.4, -0.2) is 25.8 Å². The number of hydrogen-bond acceptors (Lipinski definition) is 5. The van der Waals surface area contributed by atoms with Crippen LogP contribution in [0.5, 0.6) is 11.5 Å². The molecular weight excluding hydrogens is 222 g/mol. The van der Waals surface area contributed by atoms with Gasteiger partial charge in [0.15, 0.2) is 11.5 Å². The zero-order chi connectivity index (χ0) is 12.3. The van der Waals surface area contributed by atoms with Crippen LogP contribution in [0.25, 0.3) is 0 Å². The normalized spacial score (nSPS) is 13.9. The van der Waals surface area contributed by atoms with Crippen LogP contribution in [0.3, 0.4) is 0 Å². The number of carbonyl (C=O) groups excluding carboxylic acids is 1. The molecule has 2 rings (SSSR count). The molecule has 0 spiro atoms. The molecule has 0 fully saturated rings. The minimum absolute atomic E-state index is 0.256. The van der Waals surface area contributed by atoms with Crippen molar-refractivity contribution in [1.82, 2.24) is 0 Å². The standard InChI is InChI=1S/C12H15NO4/c1-2-15-12(14)10-8(13)4-5-9-11(10)17-7-3-6-16-9/h4-5H,2-3,6-7,13H2,1H3. The number of esters is 1. The van der Waals surface area contributed by atoms with Gasteiger partial charge in [-0.3, -0.25) is 0 Å². The molecule has 0 atom stereocenters. The lowest BCUT2D eigenvalue weighted by atomic mass is 10.1. The van der Waals surface area contributed by atoms with E-state index in [0.29, 0.717) is 37.0 Å². The smallest absolute Gasteiger partial charge is 0.344 e. The maximum absolute atomic E-state index is 11.8. The number of fused-ring (bicyclic) bond motifs is 1. The number of hydrogen-bond donors (Lipinski definition) is 1. The molecule has 17 heavy (non-hydrogen) atoms. The molecule has 1 aromatic rings. The highest BCUT2D eigenvalue weighted by atomic mass is 16.5. The first-order valence-electron chi connectivity index (χ1n) is 5.59. The second-order valence-electron chi connectivity index (χ2n) is 3.63. The number of benzene rings is 1. The summed E-state index contributed by atoms with van der Waals surface area (Å²) in [7, 11) is 0. The van der Waals surface area contributed by atoms with E-state index in [4.69, 9.17) is 19.9 Å². The maximum Gasteiger partial charge on any atom is 0.344 e. The van der Waals surface area contributed by atoms with Gasteiger partial charge in [-0.05, 0) is 19.1 Å². The van der Waals surface area contributed by atoms with Gasteiger partial charge < -0.3 is 19.9 Å². The molecule has 2 N–H and O–H groups in total.